The van der Waals surface area contributed by atoms with Gasteiger partial charge >= 0.3 is 0 Å². The van der Waals surface area contributed by atoms with E-state index in [4.69, 9.17) is 10.5 Å². The summed E-state index contributed by atoms with van der Waals surface area (Å²) in [6, 6.07) is 0.227. The third kappa shape index (κ3) is 2.80. The summed E-state index contributed by atoms with van der Waals surface area (Å²) in [6.45, 7) is 4.39. The fourth-order valence-corrected chi connectivity index (χ4v) is 2.98. The van der Waals surface area contributed by atoms with E-state index in [0.717, 1.165) is 44.8 Å². The molecule has 98 valence electrons. The predicted molar refractivity (Wildman–Crippen MR) is 66.5 cm³/mol. The summed E-state index contributed by atoms with van der Waals surface area (Å²) in [5, 5.41) is 0. The van der Waals surface area contributed by atoms with Gasteiger partial charge in [0.25, 0.3) is 5.91 Å². The molecule has 0 aromatic rings. The Kier molecular flexibility index (Phi) is 4.40. The van der Waals surface area contributed by atoms with Crippen LogP contribution in [0.3, 0.4) is 0 Å². The summed E-state index contributed by atoms with van der Waals surface area (Å²) in [4.78, 5) is 14.3. The highest BCUT2D eigenvalue weighted by molar-refractivity contribution is 5.81. The molecule has 2 N–H and O–H groups in total. The molecule has 2 aliphatic rings. The van der Waals surface area contributed by atoms with Crippen LogP contribution in [0, 0.1) is 5.92 Å². The number of piperidine rings is 1. The molecular formula is C13H24N2O2. The molecule has 0 bridgehead atoms. The van der Waals surface area contributed by atoms with Gasteiger partial charge in [0.05, 0.1) is 0 Å². The maximum absolute atomic E-state index is 12.3. The Bertz CT molecular complexity index is 264. The topological polar surface area (TPSA) is 55.6 Å². The van der Waals surface area contributed by atoms with Crippen molar-refractivity contribution in [1.29, 1.82) is 0 Å². The lowest BCUT2D eigenvalue weighted by atomic mass is 9.88. The molecule has 1 amide bonds. The van der Waals surface area contributed by atoms with Gasteiger partial charge < -0.3 is 15.4 Å². The largest absolute Gasteiger partial charge is 0.368 e. The number of hydrogen-bond acceptors (Lipinski definition) is 3. The van der Waals surface area contributed by atoms with Crippen LogP contribution in [-0.4, -0.2) is 42.6 Å². The van der Waals surface area contributed by atoms with Gasteiger partial charge in [0, 0.05) is 25.7 Å². The third-order valence-electron chi connectivity index (χ3n) is 4.16. The summed E-state index contributed by atoms with van der Waals surface area (Å²) in [7, 11) is 0. The minimum atomic E-state index is -0.192. The Labute approximate surface area is 103 Å². The van der Waals surface area contributed by atoms with Gasteiger partial charge in [-0.15, -0.1) is 0 Å². The lowest BCUT2D eigenvalue weighted by Gasteiger charge is -2.39. The van der Waals surface area contributed by atoms with E-state index >= 15 is 0 Å². The van der Waals surface area contributed by atoms with Crippen molar-refractivity contribution in [3.63, 3.8) is 0 Å². The lowest BCUT2D eigenvalue weighted by molar-refractivity contribution is -0.145. The zero-order valence-electron chi connectivity index (χ0n) is 10.7. The maximum Gasteiger partial charge on any atom is 0.251 e. The number of carbonyl (C=O) groups is 1. The minimum absolute atomic E-state index is 0.174. The molecule has 0 aromatic heterocycles. The average molecular weight is 240 g/mol. The van der Waals surface area contributed by atoms with E-state index in [0.29, 0.717) is 6.54 Å². The highest BCUT2D eigenvalue weighted by Gasteiger charge is 2.35. The molecule has 2 heterocycles. The second-order valence-corrected chi connectivity index (χ2v) is 5.22. The number of nitrogens with zero attached hydrogens (tertiary/aromatic N) is 1. The van der Waals surface area contributed by atoms with Crippen LogP contribution in [0.25, 0.3) is 0 Å². The predicted octanol–water partition coefficient (Wildman–Crippen LogP) is 1.14. The Morgan fingerprint density at radius 3 is 2.88 bits per heavy atom. The fraction of sp³-hybridized carbons (Fsp3) is 0.923. The highest BCUT2D eigenvalue weighted by atomic mass is 16.5. The van der Waals surface area contributed by atoms with Crippen molar-refractivity contribution < 1.29 is 9.53 Å². The van der Waals surface area contributed by atoms with E-state index < -0.39 is 0 Å². The molecule has 17 heavy (non-hydrogen) atoms. The van der Waals surface area contributed by atoms with Gasteiger partial charge in [0.15, 0.2) is 0 Å². The molecule has 4 nitrogen and oxygen atoms in total. The second kappa shape index (κ2) is 5.83. The van der Waals surface area contributed by atoms with Crippen molar-refractivity contribution in [3.8, 4) is 0 Å². The Morgan fingerprint density at radius 1 is 1.47 bits per heavy atom. The van der Waals surface area contributed by atoms with Crippen molar-refractivity contribution in [2.24, 2.45) is 11.7 Å². The van der Waals surface area contributed by atoms with Crippen LogP contribution in [-0.2, 0) is 9.53 Å². The summed E-state index contributed by atoms with van der Waals surface area (Å²) in [6.07, 6.45) is 5.07. The quantitative estimate of drug-likeness (QED) is 0.805. The van der Waals surface area contributed by atoms with Crippen LogP contribution in [0.5, 0.6) is 0 Å². The first-order valence-corrected chi connectivity index (χ1v) is 6.88. The number of likely N-dealkylation sites (tertiary alicyclic amines) is 1. The Morgan fingerprint density at radius 2 is 2.29 bits per heavy atom. The molecule has 2 rings (SSSR count). The van der Waals surface area contributed by atoms with E-state index in [1.165, 1.54) is 6.42 Å². The summed E-state index contributed by atoms with van der Waals surface area (Å²) < 4.78 is 5.48. The molecule has 0 aliphatic carbocycles. The monoisotopic (exact) mass is 240 g/mol. The highest BCUT2D eigenvalue weighted by Crippen LogP contribution is 2.27. The number of ether oxygens (including phenoxy) is 1. The summed E-state index contributed by atoms with van der Waals surface area (Å²) in [5.41, 5.74) is 5.81. The zero-order chi connectivity index (χ0) is 12.3. The number of nitrogens with two attached hydrogens (primary N) is 1. The number of carbonyl (C=O) groups excluding carboxylic acids is 1. The lowest BCUT2D eigenvalue weighted by Crippen LogP contribution is -2.52. The molecule has 2 unspecified atom stereocenters. The van der Waals surface area contributed by atoms with E-state index in [-0.39, 0.29) is 18.1 Å². The van der Waals surface area contributed by atoms with Gasteiger partial charge in [-0.3, -0.25) is 4.79 Å². The Balaban J connectivity index is 1.96. The Hall–Kier alpha value is -0.610. The summed E-state index contributed by atoms with van der Waals surface area (Å²) in [5.74, 6) is 0.907. The molecule has 2 fully saturated rings. The van der Waals surface area contributed by atoms with Crippen molar-refractivity contribution in [2.75, 3.05) is 19.7 Å². The van der Waals surface area contributed by atoms with Crippen molar-refractivity contribution in [1.82, 2.24) is 4.90 Å². The van der Waals surface area contributed by atoms with Crippen LogP contribution in [0.1, 0.15) is 39.0 Å². The van der Waals surface area contributed by atoms with Crippen molar-refractivity contribution in [2.45, 2.75) is 51.2 Å². The van der Waals surface area contributed by atoms with Gasteiger partial charge in [-0.2, -0.15) is 0 Å². The standard InChI is InChI=1S/C13H24N2O2/c1-2-10-5-6-15(11(8-10)9-14)13(16)12-4-3-7-17-12/h10-12H,2-9,14H2,1H3/t10?,11?,12-/m0/s1. The first-order chi connectivity index (χ1) is 8.26. The molecule has 0 saturated carbocycles. The van der Waals surface area contributed by atoms with Crippen LogP contribution in [0.2, 0.25) is 0 Å². The third-order valence-corrected chi connectivity index (χ3v) is 4.16. The first kappa shape index (κ1) is 12.8. The maximum atomic E-state index is 12.3. The van der Waals surface area contributed by atoms with Crippen LogP contribution in [0.15, 0.2) is 0 Å². The van der Waals surface area contributed by atoms with Gasteiger partial charge in [-0.1, -0.05) is 13.3 Å². The normalized spacial score (nSPS) is 34.0. The van der Waals surface area contributed by atoms with E-state index in [1.807, 2.05) is 4.90 Å². The molecule has 0 radical (unpaired) electrons. The molecule has 2 aliphatic heterocycles. The minimum Gasteiger partial charge on any atom is -0.368 e. The van der Waals surface area contributed by atoms with Crippen LogP contribution < -0.4 is 5.73 Å². The van der Waals surface area contributed by atoms with E-state index in [9.17, 15) is 4.79 Å². The number of hydrogen-bond donors (Lipinski definition) is 1. The van der Waals surface area contributed by atoms with Crippen molar-refractivity contribution >= 4 is 5.91 Å². The van der Waals surface area contributed by atoms with Crippen LogP contribution >= 0.6 is 0 Å². The van der Waals surface area contributed by atoms with Gasteiger partial charge in [0.2, 0.25) is 0 Å². The molecular weight excluding hydrogens is 216 g/mol. The first-order valence-electron chi connectivity index (χ1n) is 6.88. The summed E-state index contributed by atoms with van der Waals surface area (Å²) >= 11 is 0. The number of amides is 1. The van der Waals surface area contributed by atoms with Gasteiger partial charge in [-0.05, 0) is 31.6 Å². The van der Waals surface area contributed by atoms with Crippen LogP contribution in [0.4, 0.5) is 0 Å². The molecule has 4 heteroatoms. The second-order valence-electron chi connectivity index (χ2n) is 5.22. The number of rotatable bonds is 3. The molecule has 0 spiro atoms. The SMILES string of the molecule is CCC1CCN(C(=O)[C@@H]2CCCO2)C(CN)C1. The van der Waals surface area contributed by atoms with Gasteiger partial charge in [-0.25, -0.2) is 0 Å². The smallest absolute Gasteiger partial charge is 0.251 e. The van der Waals surface area contributed by atoms with E-state index in [2.05, 4.69) is 6.92 Å². The van der Waals surface area contributed by atoms with Gasteiger partial charge in [0.1, 0.15) is 6.10 Å². The molecule has 0 aromatic carbocycles. The van der Waals surface area contributed by atoms with E-state index in [1.54, 1.807) is 0 Å². The zero-order valence-corrected chi connectivity index (χ0v) is 10.7. The molecule has 3 atom stereocenters. The fourth-order valence-electron chi connectivity index (χ4n) is 2.98. The molecule has 2 saturated heterocycles. The van der Waals surface area contributed by atoms with Crippen molar-refractivity contribution in [3.05, 3.63) is 0 Å². The average Bonchev–Trinajstić information content (AvgIpc) is 2.91.